The highest BCUT2D eigenvalue weighted by Gasteiger charge is 2.31. The van der Waals surface area contributed by atoms with Gasteiger partial charge >= 0.3 is 0 Å². The fourth-order valence-corrected chi connectivity index (χ4v) is 3.52. The van der Waals surface area contributed by atoms with Crippen molar-refractivity contribution >= 4 is 5.91 Å². The molecule has 0 aromatic heterocycles. The molecule has 126 valence electrons. The average Bonchev–Trinajstić information content (AvgIpc) is 2.59. The Labute approximate surface area is 134 Å². The van der Waals surface area contributed by atoms with Crippen molar-refractivity contribution in [2.45, 2.75) is 38.2 Å². The number of phenolic OH excluding ortho intramolecular Hbond substituents is 1. The molecule has 0 bridgehead atoms. The molecule has 1 saturated heterocycles. The van der Waals surface area contributed by atoms with E-state index >= 15 is 0 Å². The number of amides is 1. The van der Waals surface area contributed by atoms with Crippen molar-refractivity contribution in [3.63, 3.8) is 0 Å². The Bertz CT molecular complexity index is 564. The lowest BCUT2D eigenvalue weighted by molar-refractivity contribution is -0.0562. The van der Waals surface area contributed by atoms with Crippen LogP contribution in [0.2, 0.25) is 0 Å². The van der Waals surface area contributed by atoms with Crippen molar-refractivity contribution in [3.8, 4) is 5.75 Å². The van der Waals surface area contributed by atoms with E-state index in [1.165, 1.54) is 19.3 Å². The van der Waals surface area contributed by atoms with Crippen molar-refractivity contribution < 1.29 is 23.4 Å². The Balaban J connectivity index is 1.71. The lowest BCUT2D eigenvalue weighted by Gasteiger charge is -2.38. The summed E-state index contributed by atoms with van der Waals surface area (Å²) >= 11 is 0. The van der Waals surface area contributed by atoms with E-state index in [1.54, 1.807) is 4.90 Å². The summed E-state index contributed by atoms with van der Waals surface area (Å²) in [5, 5.41) is 9.14. The number of phenols is 1. The molecule has 1 saturated carbocycles. The Hall–Kier alpha value is -1.69. The second-order valence-electron chi connectivity index (χ2n) is 6.35. The summed E-state index contributed by atoms with van der Waals surface area (Å²) in [6, 6.07) is 1.76. The van der Waals surface area contributed by atoms with Gasteiger partial charge in [-0.3, -0.25) is 4.79 Å². The molecular weight excluding hydrogens is 304 g/mol. The molecule has 1 aliphatic carbocycles. The van der Waals surface area contributed by atoms with Crippen LogP contribution in [0.1, 0.15) is 42.5 Å². The van der Waals surface area contributed by atoms with E-state index in [2.05, 4.69) is 0 Å². The van der Waals surface area contributed by atoms with Crippen LogP contribution in [0, 0.1) is 17.6 Å². The first-order valence-electron chi connectivity index (χ1n) is 8.15. The van der Waals surface area contributed by atoms with Gasteiger partial charge in [-0.2, -0.15) is 0 Å². The number of aromatic hydroxyl groups is 1. The standard InChI is InChI=1S/C17H21F2NO3/c18-13-8-12(9-14(19)16(13)21)17(22)20-6-7-23-15(10-20)11-4-2-1-3-5-11/h8-9,11,15,21H,1-7,10H2/t15-/m1/s1. The number of halogens is 2. The molecule has 2 aliphatic rings. The maximum absolute atomic E-state index is 13.4. The molecule has 4 nitrogen and oxygen atoms in total. The van der Waals surface area contributed by atoms with Gasteiger partial charge in [-0.25, -0.2) is 8.78 Å². The lowest BCUT2D eigenvalue weighted by Crippen LogP contribution is -2.48. The van der Waals surface area contributed by atoms with Crippen molar-refractivity contribution in [2.24, 2.45) is 5.92 Å². The highest BCUT2D eigenvalue weighted by Crippen LogP contribution is 2.30. The fourth-order valence-electron chi connectivity index (χ4n) is 3.52. The zero-order chi connectivity index (χ0) is 16.4. The third kappa shape index (κ3) is 3.47. The van der Waals surface area contributed by atoms with Gasteiger partial charge in [0.2, 0.25) is 0 Å². The minimum absolute atomic E-state index is 0.000177. The van der Waals surface area contributed by atoms with E-state index in [9.17, 15) is 13.6 Å². The number of hydrogen-bond acceptors (Lipinski definition) is 3. The van der Waals surface area contributed by atoms with Gasteiger partial charge in [0.25, 0.3) is 5.91 Å². The second-order valence-corrected chi connectivity index (χ2v) is 6.35. The zero-order valence-electron chi connectivity index (χ0n) is 12.9. The number of nitrogens with zero attached hydrogens (tertiary/aromatic N) is 1. The molecule has 23 heavy (non-hydrogen) atoms. The van der Waals surface area contributed by atoms with Crippen molar-refractivity contribution in [1.82, 2.24) is 4.90 Å². The number of rotatable bonds is 2. The van der Waals surface area contributed by atoms with Crippen molar-refractivity contribution in [1.29, 1.82) is 0 Å². The summed E-state index contributed by atoms with van der Waals surface area (Å²) in [4.78, 5) is 14.1. The smallest absolute Gasteiger partial charge is 0.254 e. The molecule has 2 fully saturated rings. The highest BCUT2D eigenvalue weighted by atomic mass is 19.1. The van der Waals surface area contributed by atoms with Gasteiger partial charge in [-0.1, -0.05) is 19.3 Å². The number of carbonyl (C=O) groups excluding carboxylic acids is 1. The molecule has 3 rings (SSSR count). The predicted octanol–water partition coefficient (Wildman–Crippen LogP) is 3.09. The first-order valence-corrected chi connectivity index (χ1v) is 8.15. The number of hydrogen-bond donors (Lipinski definition) is 1. The third-order valence-electron chi connectivity index (χ3n) is 4.82. The summed E-state index contributed by atoms with van der Waals surface area (Å²) in [7, 11) is 0. The van der Waals surface area contributed by atoms with Gasteiger partial charge < -0.3 is 14.7 Å². The summed E-state index contributed by atoms with van der Waals surface area (Å²) in [6.45, 7) is 1.30. The van der Waals surface area contributed by atoms with Crippen molar-refractivity contribution in [2.75, 3.05) is 19.7 Å². The Kier molecular flexibility index (Phi) is 4.80. The van der Waals surface area contributed by atoms with Gasteiger partial charge in [0, 0.05) is 18.7 Å². The van der Waals surface area contributed by atoms with Crippen LogP contribution >= 0.6 is 0 Å². The van der Waals surface area contributed by atoms with Crippen LogP contribution in [0.15, 0.2) is 12.1 Å². The summed E-state index contributed by atoms with van der Waals surface area (Å²) in [6.07, 6.45) is 5.84. The van der Waals surface area contributed by atoms with Crippen LogP contribution in [0.4, 0.5) is 8.78 Å². The van der Waals surface area contributed by atoms with Gasteiger partial charge in [-0.05, 0) is 30.9 Å². The summed E-state index contributed by atoms with van der Waals surface area (Å²) in [5.74, 6) is -3.26. The molecule has 1 aromatic carbocycles. The van der Waals surface area contributed by atoms with Crippen molar-refractivity contribution in [3.05, 3.63) is 29.3 Å². The van der Waals surface area contributed by atoms with E-state index in [1.807, 2.05) is 0 Å². The Morgan fingerprint density at radius 1 is 1.17 bits per heavy atom. The minimum atomic E-state index is -1.12. The zero-order valence-corrected chi connectivity index (χ0v) is 12.9. The normalized spacial score (nSPS) is 23.0. The monoisotopic (exact) mass is 325 g/mol. The SMILES string of the molecule is O=C(c1cc(F)c(O)c(F)c1)N1CCO[C@@H](C2CCCCC2)C1. The van der Waals surface area contributed by atoms with Crippen LogP contribution in [-0.2, 0) is 4.74 Å². The van der Waals surface area contributed by atoms with Gasteiger partial charge in [0.1, 0.15) is 0 Å². The Morgan fingerprint density at radius 3 is 2.48 bits per heavy atom. The molecule has 0 spiro atoms. The largest absolute Gasteiger partial charge is 0.503 e. The Morgan fingerprint density at radius 2 is 1.83 bits per heavy atom. The first kappa shape index (κ1) is 16.2. The molecule has 0 radical (unpaired) electrons. The number of benzene rings is 1. The number of ether oxygens (including phenoxy) is 1. The van der Waals surface area contributed by atoms with Crippen LogP contribution in [-0.4, -0.2) is 41.7 Å². The van der Waals surface area contributed by atoms with E-state index in [0.29, 0.717) is 25.6 Å². The molecule has 1 aliphatic heterocycles. The molecule has 1 heterocycles. The quantitative estimate of drug-likeness (QED) is 0.909. The van der Waals surface area contributed by atoms with Crippen LogP contribution in [0.5, 0.6) is 5.75 Å². The van der Waals surface area contributed by atoms with E-state index in [0.717, 1.165) is 25.0 Å². The molecule has 1 aromatic rings. The van der Waals surface area contributed by atoms with Gasteiger partial charge in [0.15, 0.2) is 17.4 Å². The van der Waals surface area contributed by atoms with Gasteiger partial charge in [0.05, 0.1) is 12.7 Å². The second kappa shape index (κ2) is 6.83. The number of carbonyl (C=O) groups is 1. The summed E-state index contributed by atoms with van der Waals surface area (Å²) in [5.41, 5.74) is -0.0814. The maximum atomic E-state index is 13.4. The van der Waals surface area contributed by atoms with E-state index in [-0.39, 0.29) is 11.7 Å². The lowest BCUT2D eigenvalue weighted by atomic mass is 9.84. The predicted molar refractivity (Wildman–Crippen MR) is 80.2 cm³/mol. The highest BCUT2D eigenvalue weighted by molar-refractivity contribution is 5.94. The first-order chi connectivity index (χ1) is 11.1. The van der Waals surface area contributed by atoms with E-state index < -0.39 is 23.3 Å². The molecule has 1 N–H and O–H groups in total. The molecule has 6 heteroatoms. The minimum Gasteiger partial charge on any atom is -0.503 e. The van der Waals surface area contributed by atoms with E-state index in [4.69, 9.17) is 9.84 Å². The fraction of sp³-hybridized carbons (Fsp3) is 0.588. The van der Waals surface area contributed by atoms with Crippen LogP contribution < -0.4 is 0 Å². The molecule has 1 amide bonds. The van der Waals surface area contributed by atoms with Crippen LogP contribution in [0.25, 0.3) is 0 Å². The topological polar surface area (TPSA) is 49.8 Å². The van der Waals surface area contributed by atoms with Crippen LogP contribution in [0.3, 0.4) is 0 Å². The molecule has 0 unspecified atom stereocenters. The molecule has 1 atom stereocenters. The number of morpholine rings is 1. The average molecular weight is 325 g/mol. The summed E-state index contributed by atoms with van der Waals surface area (Å²) < 4.78 is 32.7. The maximum Gasteiger partial charge on any atom is 0.254 e. The third-order valence-corrected chi connectivity index (χ3v) is 4.82. The van der Waals surface area contributed by atoms with Gasteiger partial charge in [-0.15, -0.1) is 0 Å². The molecular formula is C17H21F2NO3.